The topological polar surface area (TPSA) is 102 Å². The molecule has 0 aliphatic rings. The van der Waals surface area contributed by atoms with Gasteiger partial charge in [0.2, 0.25) is 0 Å². The summed E-state index contributed by atoms with van der Waals surface area (Å²) < 4.78 is 1.92. The van der Waals surface area contributed by atoms with Crippen molar-refractivity contribution in [1.29, 1.82) is 0 Å². The van der Waals surface area contributed by atoms with Crippen LogP contribution in [0.1, 0.15) is 15.9 Å². The summed E-state index contributed by atoms with van der Waals surface area (Å²) in [6, 6.07) is 19.4. The van der Waals surface area contributed by atoms with Crippen LogP contribution in [0.5, 0.6) is 11.5 Å². The highest BCUT2D eigenvalue weighted by Gasteiger charge is 2.15. The molecular weight excluding hydrogens is 368 g/mol. The molecule has 7 heteroatoms. The zero-order valence-electron chi connectivity index (χ0n) is 15.4. The third kappa shape index (κ3) is 4.08. The van der Waals surface area contributed by atoms with Gasteiger partial charge in [0.05, 0.1) is 11.3 Å². The van der Waals surface area contributed by atoms with Gasteiger partial charge in [0, 0.05) is 23.5 Å². The Kier molecular flexibility index (Phi) is 4.94. The number of carbonyl (C=O) groups is 1. The minimum atomic E-state index is -0.500. The molecule has 0 atom stereocenters. The van der Waals surface area contributed by atoms with Gasteiger partial charge < -0.3 is 15.5 Å². The van der Waals surface area contributed by atoms with Crippen molar-refractivity contribution in [2.24, 2.45) is 0 Å². The smallest absolute Gasteiger partial charge is 0.259 e. The Morgan fingerprint density at radius 3 is 2.72 bits per heavy atom. The average molecular weight is 387 g/mol. The van der Waals surface area contributed by atoms with E-state index < -0.39 is 11.7 Å². The van der Waals surface area contributed by atoms with Crippen LogP contribution in [0, 0.1) is 0 Å². The first-order chi connectivity index (χ1) is 14.1. The van der Waals surface area contributed by atoms with Crippen molar-refractivity contribution in [2.75, 3.05) is 5.32 Å². The molecular formula is C22H19N4O3+. The molecule has 2 aromatic carbocycles. The number of phenolic OH excluding ortho intramolecular Hbond substituents is 2. The fraction of sp³-hybridized carbons (Fsp3) is 0.0455. The highest BCUT2D eigenvalue weighted by atomic mass is 16.3. The molecule has 0 aliphatic heterocycles. The standard InChI is InChI=1S/C22H18N4O3/c27-20-9-4-7-17(21(20)28)22(29)24-16-6-3-5-15(13-16)14-26-12-10-19(25-26)18-8-1-2-11-23-18/h1-13H,14H2,(H3,23,24,25,27,28,29)/p+1. The van der Waals surface area contributed by atoms with Crippen LogP contribution in [0.3, 0.4) is 0 Å². The second-order valence-corrected chi connectivity index (χ2v) is 6.51. The Morgan fingerprint density at radius 2 is 1.90 bits per heavy atom. The van der Waals surface area contributed by atoms with Crippen molar-refractivity contribution >= 4 is 11.6 Å². The number of nitrogens with one attached hydrogen (secondary N) is 2. The predicted octanol–water partition coefficient (Wildman–Crippen LogP) is 3.08. The Labute approximate surface area is 166 Å². The molecule has 7 nitrogen and oxygen atoms in total. The number of pyridine rings is 1. The van der Waals surface area contributed by atoms with Gasteiger partial charge >= 0.3 is 0 Å². The number of hydrogen-bond donors (Lipinski definition) is 4. The number of anilines is 1. The molecule has 0 spiro atoms. The number of hydrogen-bond acceptors (Lipinski definition) is 4. The number of aromatic amines is 1. The summed E-state index contributed by atoms with van der Waals surface area (Å²) >= 11 is 0. The van der Waals surface area contributed by atoms with Crippen LogP contribution >= 0.6 is 0 Å². The van der Waals surface area contributed by atoms with E-state index in [4.69, 9.17) is 0 Å². The SMILES string of the molecule is O=C(Nc1cccc(C[n+]2ccc(-c3ccccn3)[nH]2)c1)c1cccc(O)c1O. The number of aromatic nitrogens is 3. The minimum absolute atomic E-state index is 0.00847. The molecule has 1 amide bonds. The van der Waals surface area contributed by atoms with Crippen LogP contribution < -0.4 is 10.00 Å². The van der Waals surface area contributed by atoms with Crippen LogP contribution in [0.25, 0.3) is 11.4 Å². The molecule has 0 bridgehead atoms. The molecule has 0 saturated heterocycles. The molecule has 4 N–H and O–H groups in total. The quantitative estimate of drug-likeness (QED) is 0.312. The van der Waals surface area contributed by atoms with Gasteiger partial charge in [-0.05, 0) is 36.4 Å². The maximum absolute atomic E-state index is 12.4. The highest BCUT2D eigenvalue weighted by molar-refractivity contribution is 6.06. The number of nitrogens with zero attached hydrogens (tertiary/aromatic N) is 2. The molecule has 144 valence electrons. The molecule has 29 heavy (non-hydrogen) atoms. The maximum Gasteiger partial charge on any atom is 0.259 e. The largest absolute Gasteiger partial charge is 0.504 e. The summed E-state index contributed by atoms with van der Waals surface area (Å²) in [6.45, 7) is 0.577. The van der Waals surface area contributed by atoms with E-state index in [9.17, 15) is 15.0 Å². The lowest BCUT2D eigenvalue weighted by Crippen LogP contribution is -2.35. The highest BCUT2D eigenvalue weighted by Crippen LogP contribution is 2.28. The van der Waals surface area contributed by atoms with E-state index >= 15 is 0 Å². The molecule has 0 unspecified atom stereocenters. The maximum atomic E-state index is 12.4. The number of aromatic hydroxyl groups is 2. The van der Waals surface area contributed by atoms with Crippen LogP contribution in [0.4, 0.5) is 5.69 Å². The summed E-state index contributed by atoms with van der Waals surface area (Å²) in [4.78, 5) is 16.7. The van der Waals surface area contributed by atoms with Gasteiger partial charge in [0.15, 0.2) is 24.2 Å². The van der Waals surface area contributed by atoms with E-state index in [1.807, 2.05) is 53.3 Å². The van der Waals surface area contributed by atoms with E-state index in [1.165, 1.54) is 18.2 Å². The molecule has 2 aromatic heterocycles. The van der Waals surface area contributed by atoms with Crippen LogP contribution in [-0.4, -0.2) is 26.2 Å². The zero-order chi connectivity index (χ0) is 20.2. The second-order valence-electron chi connectivity index (χ2n) is 6.51. The van der Waals surface area contributed by atoms with Gasteiger partial charge in [-0.2, -0.15) is 5.10 Å². The van der Waals surface area contributed by atoms with Gasteiger partial charge in [0.1, 0.15) is 5.69 Å². The molecule has 0 saturated carbocycles. The van der Waals surface area contributed by atoms with E-state index in [2.05, 4.69) is 15.4 Å². The van der Waals surface area contributed by atoms with Crippen LogP contribution in [-0.2, 0) is 6.54 Å². The van der Waals surface area contributed by atoms with Crippen molar-refractivity contribution in [3.05, 3.63) is 90.3 Å². The third-order valence-corrected chi connectivity index (χ3v) is 4.42. The molecule has 4 rings (SSSR count). The lowest BCUT2D eigenvalue weighted by atomic mass is 10.1. The number of rotatable bonds is 5. The van der Waals surface area contributed by atoms with E-state index in [1.54, 1.807) is 12.3 Å². The van der Waals surface area contributed by atoms with Crippen molar-refractivity contribution < 1.29 is 19.7 Å². The van der Waals surface area contributed by atoms with Crippen molar-refractivity contribution in [3.8, 4) is 22.9 Å². The molecule has 0 aliphatic carbocycles. The Balaban J connectivity index is 1.49. The Hall–Kier alpha value is -4.13. The molecule has 4 aromatic rings. The van der Waals surface area contributed by atoms with Crippen LogP contribution in [0.15, 0.2) is 79.1 Å². The van der Waals surface area contributed by atoms with Gasteiger partial charge in [-0.3, -0.25) is 9.78 Å². The van der Waals surface area contributed by atoms with E-state index in [0.717, 1.165) is 17.0 Å². The first kappa shape index (κ1) is 18.2. The first-order valence-corrected chi connectivity index (χ1v) is 9.01. The number of benzene rings is 2. The number of carbonyl (C=O) groups excluding carboxylic acids is 1. The number of para-hydroxylation sites is 1. The summed E-state index contributed by atoms with van der Waals surface area (Å²) in [5.41, 5.74) is 3.34. The third-order valence-electron chi connectivity index (χ3n) is 4.42. The summed E-state index contributed by atoms with van der Waals surface area (Å²) in [7, 11) is 0. The fourth-order valence-electron chi connectivity index (χ4n) is 3.01. The van der Waals surface area contributed by atoms with Crippen molar-refractivity contribution in [3.63, 3.8) is 0 Å². The molecule has 0 radical (unpaired) electrons. The van der Waals surface area contributed by atoms with E-state index in [0.29, 0.717) is 12.2 Å². The monoisotopic (exact) mass is 387 g/mol. The van der Waals surface area contributed by atoms with Crippen molar-refractivity contribution in [1.82, 2.24) is 10.1 Å². The Morgan fingerprint density at radius 1 is 1.03 bits per heavy atom. The normalized spacial score (nSPS) is 10.6. The lowest BCUT2D eigenvalue weighted by molar-refractivity contribution is -0.741. The van der Waals surface area contributed by atoms with Gasteiger partial charge in [-0.25, -0.2) is 0 Å². The predicted molar refractivity (Wildman–Crippen MR) is 107 cm³/mol. The molecule has 2 heterocycles. The fourth-order valence-corrected chi connectivity index (χ4v) is 3.01. The van der Waals surface area contributed by atoms with Crippen LogP contribution in [0.2, 0.25) is 0 Å². The molecule has 0 fully saturated rings. The lowest BCUT2D eigenvalue weighted by Gasteiger charge is -2.08. The first-order valence-electron chi connectivity index (χ1n) is 9.01. The van der Waals surface area contributed by atoms with Gasteiger partial charge in [-0.1, -0.05) is 24.3 Å². The Bertz CT molecular complexity index is 1160. The summed E-state index contributed by atoms with van der Waals surface area (Å²) in [5, 5.41) is 25.5. The summed E-state index contributed by atoms with van der Waals surface area (Å²) in [6.07, 6.45) is 3.68. The second kappa shape index (κ2) is 7.85. The minimum Gasteiger partial charge on any atom is -0.504 e. The van der Waals surface area contributed by atoms with Gasteiger partial charge in [0.25, 0.3) is 5.91 Å². The van der Waals surface area contributed by atoms with E-state index in [-0.39, 0.29) is 11.3 Å². The average Bonchev–Trinajstić information content (AvgIpc) is 3.19. The number of H-pyrrole nitrogens is 1. The summed E-state index contributed by atoms with van der Waals surface area (Å²) in [5.74, 6) is -1.27. The number of phenols is 2. The van der Waals surface area contributed by atoms with Gasteiger partial charge in [-0.15, -0.1) is 4.68 Å². The van der Waals surface area contributed by atoms with Crippen molar-refractivity contribution in [2.45, 2.75) is 6.54 Å². The number of amides is 1. The zero-order valence-corrected chi connectivity index (χ0v) is 15.4.